The molecule has 0 spiro atoms. The maximum absolute atomic E-state index is 13.3. The molecule has 0 atom stereocenters. The Bertz CT molecular complexity index is 691. The first-order chi connectivity index (χ1) is 9.97. The summed E-state index contributed by atoms with van der Waals surface area (Å²) in [6, 6.07) is 4.84. The highest BCUT2D eigenvalue weighted by Crippen LogP contribution is 2.37. The van der Waals surface area contributed by atoms with Crippen molar-refractivity contribution in [2.75, 3.05) is 12.3 Å². The second-order valence-corrected chi connectivity index (χ2v) is 7.12. The molecule has 2 aromatic rings. The molecule has 5 heteroatoms. The molecule has 3 rings (SSSR count). The number of fused-ring (bicyclic) bond motifs is 1. The monoisotopic (exact) mass is 306 g/mol. The second-order valence-electron chi connectivity index (χ2n) is 6.07. The average molecular weight is 306 g/mol. The van der Waals surface area contributed by atoms with Crippen LogP contribution in [0.15, 0.2) is 18.2 Å². The average Bonchev–Trinajstić information content (AvgIpc) is 3.21. The Kier molecular flexibility index (Phi) is 3.61. The molecule has 1 aliphatic carbocycles. The molecule has 1 saturated carbocycles. The predicted octanol–water partition coefficient (Wildman–Crippen LogP) is 3.88. The fourth-order valence-corrected chi connectivity index (χ4v) is 3.61. The standard InChI is InChI=1S/C16H19FN2OS/c1-9(2)8-19(11-4-5-11)16(20)15-14(18)12-7-10(17)3-6-13(12)21-15/h3,6-7,9,11H,4-5,8,18H2,1-2H3. The van der Waals surface area contributed by atoms with Crippen LogP contribution in [0.2, 0.25) is 0 Å². The first-order valence-corrected chi connectivity index (χ1v) is 8.07. The second kappa shape index (κ2) is 5.30. The van der Waals surface area contributed by atoms with E-state index in [1.54, 1.807) is 6.07 Å². The number of nitrogen functional groups attached to an aromatic ring is 1. The first kappa shape index (κ1) is 14.3. The van der Waals surface area contributed by atoms with E-state index in [4.69, 9.17) is 5.73 Å². The molecular formula is C16H19FN2OS. The van der Waals surface area contributed by atoms with Crippen molar-refractivity contribution in [2.45, 2.75) is 32.7 Å². The Morgan fingerprint density at radius 1 is 1.48 bits per heavy atom. The minimum absolute atomic E-state index is 0.00897. The number of halogens is 1. The van der Waals surface area contributed by atoms with Crippen molar-refractivity contribution in [1.82, 2.24) is 4.90 Å². The number of carbonyl (C=O) groups excluding carboxylic acids is 1. The number of nitrogens with two attached hydrogens (primary N) is 1. The molecule has 3 nitrogen and oxygen atoms in total. The molecule has 1 fully saturated rings. The van der Waals surface area contributed by atoms with Crippen LogP contribution < -0.4 is 5.73 Å². The number of thiophene rings is 1. The summed E-state index contributed by atoms with van der Waals surface area (Å²) in [5.74, 6) is 0.0835. The Balaban J connectivity index is 1.98. The van der Waals surface area contributed by atoms with Crippen molar-refractivity contribution >= 4 is 33.0 Å². The minimum atomic E-state index is -0.327. The molecule has 1 aromatic heterocycles. The van der Waals surface area contributed by atoms with Gasteiger partial charge in [-0.25, -0.2) is 4.39 Å². The van der Waals surface area contributed by atoms with Crippen LogP contribution in [0.1, 0.15) is 36.4 Å². The lowest BCUT2D eigenvalue weighted by Gasteiger charge is -2.24. The van der Waals surface area contributed by atoms with Gasteiger partial charge in [0.05, 0.1) is 5.69 Å². The van der Waals surface area contributed by atoms with Gasteiger partial charge < -0.3 is 10.6 Å². The maximum Gasteiger partial charge on any atom is 0.266 e. The summed E-state index contributed by atoms with van der Waals surface area (Å²) in [5.41, 5.74) is 6.51. The van der Waals surface area contributed by atoms with Gasteiger partial charge in [-0.3, -0.25) is 4.79 Å². The molecule has 0 unspecified atom stereocenters. The summed E-state index contributed by atoms with van der Waals surface area (Å²) in [6.45, 7) is 4.95. The van der Waals surface area contributed by atoms with Gasteiger partial charge in [0.25, 0.3) is 5.91 Å². The van der Waals surface area contributed by atoms with Crippen LogP contribution in [0.4, 0.5) is 10.1 Å². The largest absolute Gasteiger partial charge is 0.397 e. The van der Waals surface area contributed by atoms with E-state index in [-0.39, 0.29) is 11.7 Å². The highest BCUT2D eigenvalue weighted by atomic mass is 32.1. The number of hydrogen-bond acceptors (Lipinski definition) is 3. The molecule has 2 N–H and O–H groups in total. The van der Waals surface area contributed by atoms with Gasteiger partial charge >= 0.3 is 0 Å². The maximum atomic E-state index is 13.3. The fraction of sp³-hybridized carbons (Fsp3) is 0.438. The normalized spacial score (nSPS) is 14.9. The van der Waals surface area contributed by atoms with E-state index in [9.17, 15) is 9.18 Å². The Labute approximate surface area is 127 Å². The lowest BCUT2D eigenvalue weighted by molar-refractivity contribution is 0.0728. The van der Waals surface area contributed by atoms with Gasteiger partial charge in [-0.1, -0.05) is 13.8 Å². The molecule has 0 aliphatic heterocycles. The number of hydrogen-bond donors (Lipinski definition) is 1. The molecule has 1 heterocycles. The summed E-state index contributed by atoms with van der Waals surface area (Å²) < 4.78 is 14.2. The molecular weight excluding hydrogens is 287 g/mol. The molecule has 1 amide bonds. The Hall–Kier alpha value is -1.62. The third kappa shape index (κ3) is 2.75. The van der Waals surface area contributed by atoms with Gasteiger partial charge in [0.15, 0.2) is 0 Å². The quantitative estimate of drug-likeness (QED) is 0.931. The lowest BCUT2D eigenvalue weighted by Crippen LogP contribution is -2.36. The Morgan fingerprint density at radius 2 is 2.19 bits per heavy atom. The van der Waals surface area contributed by atoms with Crippen molar-refractivity contribution in [3.8, 4) is 0 Å². The number of nitrogens with zero attached hydrogens (tertiary/aromatic N) is 1. The zero-order chi connectivity index (χ0) is 15.1. The van der Waals surface area contributed by atoms with E-state index in [0.29, 0.717) is 27.9 Å². The van der Waals surface area contributed by atoms with Crippen LogP contribution in [-0.2, 0) is 0 Å². The highest BCUT2D eigenvalue weighted by molar-refractivity contribution is 7.21. The molecule has 112 valence electrons. The van der Waals surface area contributed by atoms with Gasteiger partial charge in [0.2, 0.25) is 0 Å². The van der Waals surface area contributed by atoms with E-state index < -0.39 is 0 Å². The SMILES string of the molecule is CC(C)CN(C(=O)c1sc2ccc(F)cc2c1N)C1CC1. The zero-order valence-electron chi connectivity index (χ0n) is 12.2. The summed E-state index contributed by atoms with van der Waals surface area (Å²) in [7, 11) is 0. The summed E-state index contributed by atoms with van der Waals surface area (Å²) in [6.07, 6.45) is 2.13. The van der Waals surface area contributed by atoms with Gasteiger partial charge in [0.1, 0.15) is 10.7 Å². The van der Waals surface area contributed by atoms with Crippen LogP contribution in [0.25, 0.3) is 10.1 Å². The molecule has 1 aliphatic rings. The van der Waals surface area contributed by atoms with E-state index >= 15 is 0 Å². The Morgan fingerprint density at radius 3 is 2.81 bits per heavy atom. The third-order valence-corrected chi connectivity index (χ3v) is 4.87. The summed E-state index contributed by atoms with van der Waals surface area (Å²) in [5, 5.41) is 0.642. The van der Waals surface area contributed by atoms with E-state index in [1.165, 1.54) is 23.5 Å². The predicted molar refractivity (Wildman–Crippen MR) is 85.1 cm³/mol. The first-order valence-electron chi connectivity index (χ1n) is 7.26. The van der Waals surface area contributed by atoms with Crippen LogP contribution in [0.3, 0.4) is 0 Å². The number of carbonyl (C=O) groups is 1. The molecule has 21 heavy (non-hydrogen) atoms. The molecule has 0 bridgehead atoms. The topological polar surface area (TPSA) is 46.3 Å². The van der Waals surface area contributed by atoms with E-state index in [0.717, 1.165) is 24.1 Å². The van der Waals surface area contributed by atoms with Crippen molar-refractivity contribution in [3.63, 3.8) is 0 Å². The molecule has 1 aromatic carbocycles. The van der Waals surface area contributed by atoms with Gasteiger partial charge in [-0.2, -0.15) is 0 Å². The van der Waals surface area contributed by atoms with Crippen LogP contribution in [-0.4, -0.2) is 23.4 Å². The number of anilines is 1. The lowest BCUT2D eigenvalue weighted by atomic mass is 10.2. The zero-order valence-corrected chi connectivity index (χ0v) is 13.0. The number of benzene rings is 1. The van der Waals surface area contributed by atoms with Crippen LogP contribution >= 0.6 is 11.3 Å². The molecule has 0 saturated heterocycles. The van der Waals surface area contributed by atoms with E-state index in [2.05, 4.69) is 13.8 Å². The molecule has 0 radical (unpaired) electrons. The van der Waals surface area contributed by atoms with Crippen LogP contribution in [0, 0.1) is 11.7 Å². The number of amides is 1. The van der Waals surface area contributed by atoms with Gasteiger partial charge in [-0.15, -0.1) is 11.3 Å². The van der Waals surface area contributed by atoms with Gasteiger partial charge in [0, 0.05) is 22.7 Å². The van der Waals surface area contributed by atoms with Crippen molar-refractivity contribution in [3.05, 3.63) is 28.9 Å². The minimum Gasteiger partial charge on any atom is -0.397 e. The highest BCUT2D eigenvalue weighted by Gasteiger charge is 2.34. The van der Waals surface area contributed by atoms with Crippen molar-refractivity contribution in [1.29, 1.82) is 0 Å². The van der Waals surface area contributed by atoms with Crippen molar-refractivity contribution in [2.24, 2.45) is 5.92 Å². The number of rotatable bonds is 4. The van der Waals surface area contributed by atoms with E-state index in [1.807, 2.05) is 4.90 Å². The third-order valence-electron chi connectivity index (χ3n) is 3.69. The smallest absolute Gasteiger partial charge is 0.266 e. The fourth-order valence-electron chi connectivity index (χ4n) is 2.56. The van der Waals surface area contributed by atoms with Gasteiger partial charge in [-0.05, 0) is 37.0 Å². The van der Waals surface area contributed by atoms with Crippen molar-refractivity contribution < 1.29 is 9.18 Å². The van der Waals surface area contributed by atoms with Crippen LogP contribution in [0.5, 0.6) is 0 Å². The summed E-state index contributed by atoms with van der Waals surface area (Å²) >= 11 is 1.36. The summed E-state index contributed by atoms with van der Waals surface area (Å²) in [4.78, 5) is 15.3.